The van der Waals surface area contributed by atoms with Crippen LogP contribution in [-0.4, -0.2) is 31.5 Å². The first-order chi connectivity index (χ1) is 14.7. The summed E-state index contributed by atoms with van der Waals surface area (Å²) in [5.41, 5.74) is 6.85. The largest absolute Gasteiger partial charge is 0.318 e. The maximum atomic E-state index is 12.8. The number of nitrogens with one attached hydrogen (secondary N) is 1. The van der Waals surface area contributed by atoms with Crippen LogP contribution in [0.2, 0.25) is 0 Å². The van der Waals surface area contributed by atoms with Crippen molar-refractivity contribution in [2.24, 2.45) is 16.0 Å². The molecule has 4 rings (SSSR count). The van der Waals surface area contributed by atoms with E-state index in [2.05, 4.69) is 73.5 Å². The highest BCUT2D eigenvalue weighted by molar-refractivity contribution is 8.26. The van der Waals surface area contributed by atoms with Gasteiger partial charge >= 0.3 is 0 Å². The van der Waals surface area contributed by atoms with Crippen LogP contribution in [0, 0.1) is 39.0 Å². The van der Waals surface area contributed by atoms with Gasteiger partial charge in [0.05, 0.1) is 5.57 Å². The lowest BCUT2D eigenvalue weighted by molar-refractivity contribution is -0.114. The number of hydrazone groups is 1. The van der Waals surface area contributed by atoms with E-state index in [0.29, 0.717) is 11.1 Å². The number of amidine groups is 2. The molecule has 0 spiro atoms. The third-order valence-electron chi connectivity index (χ3n) is 5.67. The van der Waals surface area contributed by atoms with Crippen LogP contribution in [0.15, 0.2) is 39.9 Å². The molecule has 1 aromatic heterocycles. The van der Waals surface area contributed by atoms with Crippen LogP contribution in [0.1, 0.15) is 48.3 Å². The lowest BCUT2D eigenvalue weighted by Gasteiger charge is -2.20. The third-order valence-corrected chi connectivity index (χ3v) is 6.60. The number of nitrogens with zero attached hydrogens (tertiary/aromatic N) is 4. The zero-order valence-corrected chi connectivity index (χ0v) is 19.6. The Kier molecular flexibility index (Phi) is 5.47. The number of thioether (sulfide) groups is 1. The number of amides is 1. The summed E-state index contributed by atoms with van der Waals surface area (Å²) < 4.78 is 2.20. The fourth-order valence-corrected chi connectivity index (χ4v) is 5.00. The molecule has 6 nitrogen and oxygen atoms in total. The highest BCUT2D eigenvalue weighted by atomic mass is 32.2. The molecule has 0 saturated heterocycles. The number of carbonyl (C=O) groups excluding carboxylic acids is 1. The predicted octanol–water partition coefficient (Wildman–Crippen LogP) is 5.38. The summed E-state index contributed by atoms with van der Waals surface area (Å²) >= 11 is 1.38. The van der Waals surface area contributed by atoms with E-state index in [9.17, 15) is 4.79 Å². The zero-order chi connectivity index (χ0) is 22.4. The van der Waals surface area contributed by atoms with E-state index in [-0.39, 0.29) is 17.3 Å². The first-order valence-electron chi connectivity index (χ1n) is 10.4. The van der Waals surface area contributed by atoms with Gasteiger partial charge < -0.3 is 4.57 Å². The molecule has 160 valence electrons. The zero-order valence-electron chi connectivity index (χ0n) is 18.8. The number of benzene rings is 1. The fraction of sp³-hybridized carbons (Fsp3) is 0.333. The third kappa shape index (κ3) is 3.78. The summed E-state index contributed by atoms with van der Waals surface area (Å²) in [6, 6.07) is 8.32. The Morgan fingerprint density at radius 1 is 1.19 bits per heavy atom. The minimum absolute atomic E-state index is 0.0813. The molecule has 0 atom stereocenters. The SMILES string of the molecule is Cc1cccc(-n2c(C)cc(/C=C3/C(=N)N4N=C(CC(C)C)SC4=NC3=O)c2C)c1C. The normalized spacial score (nSPS) is 17.5. The van der Waals surface area contributed by atoms with Gasteiger partial charge in [0.15, 0.2) is 5.84 Å². The van der Waals surface area contributed by atoms with Crippen LogP contribution in [-0.2, 0) is 4.79 Å². The summed E-state index contributed by atoms with van der Waals surface area (Å²) in [7, 11) is 0. The molecule has 1 N–H and O–H groups in total. The van der Waals surface area contributed by atoms with E-state index < -0.39 is 0 Å². The number of carbonyl (C=O) groups is 1. The monoisotopic (exact) mass is 433 g/mol. The Balaban J connectivity index is 1.73. The van der Waals surface area contributed by atoms with Crippen molar-refractivity contribution >= 4 is 39.8 Å². The van der Waals surface area contributed by atoms with Crippen molar-refractivity contribution in [1.82, 2.24) is 9.58 Å². The van der Waals surface area contributed by atoms with Crippen molar-refractivity contribution in [3.8, 4) is 5.69 Å². The van der Waals surface area contributed by atoms with Crippen LogP contribution in [0.4, 0.5) is 0 Å². The molecule has 2 aromatic rings. The number of fused-ring (bicyclic) bond motifs is 1. The predicted molar refractivity (Wildman–Crippen MR) is 129 cm³/mol. The van der Waals surface area contributed by atoms with Gasteiger partial charge in [-0.05, 0) is 80.3 Å². The number of rotatable bonds is 4. The number of aromatic nitrogens is 1. The topological polar surface area (TPSA) is 73.8 Å². The number of aliphatic imine (C=N–C) groups is 1. The van der Waals surface area contributed by atoms with Crippen molar-refractivity contribution < 1.29 is 4.79 Å². The van der Waals surface area contributed by atoms with Crippen LogP contribution in [0.5, 0.6) is 0 Å². The Morgan fingerprint density at radius 2 is 1.94 bits per heavy atom. The molecular formula is C24H27N5OS. The quantitative estimate of drug-likeness (QED) is 0.658. The number of hydrogen-bond acceptors (Lipinski definition) is 4. The molecule has 0 saturated carbocycles. The van der Waals surface area contributed by atoms with Crippen molar-refractivity contribution in [3.05, 3.63) is 57.9 Å². The second kappa shape index (κ2) is 7.96. The number of hydrogen-bond donors (Lipinski definition) is 1. The maximum Gasteiger partial charge on any atom is 0.283 e. The van der Waals surface area contributed by atoms with Gasteiger partial charge in [-0.25, -0.2) is 0 Å². The van der Waals surface area contributed by atoms with E-state index in [1.54, 1.807) is 6.08 Å². The summed E-state index contributed by atoms with van der Waals surface area (Å²) in [6.07, 6.45) is 2.58. The summed E-state index contributed by atoms with van der Waals surface area (Å²) in [5.74, 6) is 0.141. The lowest BCUT2D eigenvalue weighted by Crippen LogP contribution is -2.35. The summed E-state index contributed by atoms with van der Waals surface area (Å²) in [5, 5.41) is 16.0. The van der Waals surface area contributed by atoms with Gasteiger partial charge in [0, 0.05) is 23.5 Å². The molecule has 0 aliphatic carbocycles. The molecule has 0 fully saturated rings. The van der Waals surface area contributed by atoms with Gasteiger partial charge in [0.25, 0.3) is 5.91 Å². The fourth-order valence-electron chi connectivity index (χ4n) is 3.90. The van der Waals surface area contributed by atoms with E-state index in [1.807, 2.05) is 6.92 Å². The molecule has 0 radical (unpaired) electrons. The second-order valence-electron chi connectivity index (χ2n) is 8.49. The Hall–Kier alpha value is -2.93. The average Bonchev–Trinajstić information content (AvgIpc) is 3.21. The second-order valence-corrected chi connectivity index (χ2v) is 9.53. The molecule has 0 unspecified atom stereocenters. The van der Waals surface area contributed by atoms with Gasteiger partial charge in [-0.2, -0.15) is 15.1 Å². The van der Waals surface area contributed by atoms with Crippen LogP contribution in [0.25, 0.3) is 11.8 Å². The van der Waals surface area contributed by atoms with Crippen LogP contribution in [0.3, 0.4) is 0 Å². The minimum Gasteiger partial charge on any atom is -0.318 e. The van der Waals surface area contributed by atoms with Crippen LogP contribution < -0.4 is 0 Å². The molecule has 2 aliphatic rings. The first-order valence-corrected chi connectivity index (χ1v) is 11.2. The molecule has 3 heterocycles. The molecule has 7 heteroatoms. The molecular weight excluding hydrogens is 406 g/mol. The van der Waals surface area contributed by atoms with Gasteiger partial charge in [-0.1, -0.05) is 26.0 Å². The lowest BCUT2D eigenvalue weighted by atomic mass is 10.1. The highest BCUT2D eigenvalue weighted by Crippen LogP contribution is 2.32. The molecule has 1 aromatic carbocycles. The van der Waals surface area contributed by atoms with Crippen molar-refractivity contribution in [3.63, 3.8) is 0 Å². The molecule has 1 amide bonds. The van der Waals surface area contributed by atoms with Crippen LogP contribution >= 0.6 is 11.8 Å². The maximum absolute atomic E-state index is 12.8. The van der Waals surface area contributed by atoms with Gasteiger partial charge in [0.1, 0.15) is 5.04 Å². The minimum atomic E-state index is -0.388. The van der Waals surface area contributed by atoms with E-state index in [0.717, 1.165) is 34.1 Å². The Labute approximate surface area is 187 Å². The van der Waals surface area contributed by atoms with Gasteiger partial charge in [-0.15, -0.1) is 0 Å². The van der Waals surface area contributed by atoms with E-state index in [4.69, 9.17) is 5.41 Å². The van der Waals surface area contributed by atoms with Crippen molar-refractivity contribution in [2.45, 2.75) is 48.0 Å². The first kappa shape index (κ1) is 21.3. The van der Waals surface area contributed by atoms with E-state index in [1.165, 1.54) is 27.9 Å². The summed E-state index contributed by atoms with van der Waals surface area (Å²) in [6.45, 7) is 12.6. The van der Waals surface area contributed by atoms with Gasteiger partial charge in [0.2, 0.25) is 5.17 Å². The molecule has 2 aliphatic heterocycles. The smallest absolute Gasteiger partial charge is 0.283 e. The van der Waals surface area contributed by atoms with E-state index >= 15 is 0 Å². The van der Waals surface area contributed by atoms with Gasteiger partial charge in [-0.3, -0.25) is 10.2 Å². The Morgan fingerprint density at radius 3 is 2.65 bits per heavy atom. The summed E-state index contributed by atoms with van der Waals surface area (Å²) in [4.78, 5) is 17.0. The molecule has 0 bridgehead atoms. The highest BCUT2D eigenvalue weighted by Gasteiger charge is 2.35. The standard InChI is InChI=1S/C24H27N5OS/c1-13(2)10-21-27-29-22(25)19(23(30)26-24(29)31-21)12-18-11-15(4)28(17(18)6)20-9-7-8-14(3)16(20)5/h7-9,11-13,25H,10H2,1-6H3/b19-12-,25-22?. The molecule has 31 heavy (non-hydrogen) atoms. The average molecular weight is 434 g/mol. The van der Waals surface area contributed by atoms with Crippen molar-refractivity contribution in [1.29, 1.82) is 5.41 Å². The Bertz CT molecular complexity index is 1200. The number of aryl methyl sites for hydroxylation is 2. The van der Waals surface area contributed by atoms with Crippen molar-refractivity contribution in [2.75, 3.05) is 0 Å².